The first-order valence-corrected chi connectivity index (χ1v) is 12.2. The van der Waals surface area contributed by atoms with Gasteiger partial charge < -0.3 is 9.64 Å². The molecule has 6 nitrogen and oxygen atoms in total. The molecule has 2 aliphatic rings. The van der Waals surface area contributed by atoms with Crippen LogP contribution in [0, 0.1) is 6.92 Å². The van der Waals surface area contributed by atoms with Crippen molar-refractivity contribution in [3.63, 3.8) is 0 Å². The van der Waals surface area contributed by atoms with E-state index < -0.39 is 10.0 Å². The number of carbonyl (C=O) groups excluding carboxylic acids is 1. The van der Waals surface area contributed by atoms with Crippen molar-refractivity contribution in [2.45, 2.75) is 37.5 Å². The molecule has 0 saturated heterocycles. The number of nitrogens with zero attached hydrogens (tertiary/aromatic N) is 1. The van der Waals surface area contributed by atoms with Gasteiger partial charge in [0, 0.05) is 12.7 Å². The SMILES string of the molecule is Cc1ccc2c(c1)N(C)C(=O)c1cc(NS(=O)(=O)c3ccc4c(c3)CCCC4)ccc1O2. The van der Waals surface area contributed by atoms with E-state index in [9.17, 15) is 13.2 Å². The third-order valence-corrected chi connectivity index (χ3v) is 7.47. The Labute approximate surface area is 187 Å². The molecule has 1 N–H and O–H groups in total. The van der Waals surface area contributed by atoms with Gasteiger partial charge in [-0.1, -0.05) is 12.1 Å². The van der Waals surface area contributed by atoms with Crippen LogP contribution >= 0.6 is 0 Å². The van der Waals surface area contributed by atoms with Crippen LogP contribution in [0.25, 0.3) is 0 Å². The quantitative estimate of drug-likeness (QED) is 0.608. The molecule has 0 saturated carbocycles. The summed E-state index contributed by atoms with van der Waals surface area (Å²) in [6.07, 6.45) is 4.11. The second-order valence-corrected chi connectivity index (χ2v) is 10.1. The van der Waals surface area contributed by atoms with Crippen LogP contribution in [0.1, 0.15) is 39.9 Å². The molecule has 1 aliphatic heterocycles. The van der Waals surface area contributed by atoms with E-state index >= 15 is 0 Å². The van der Waals surface area contributed by atoms with Gasteiger partial charge in [0.25, 0.3) is 15.9 Å². The number of hydrogen-bond donors (Lipinski definition) is 1. The number of nitrogens with one attached hydrogen (secondary N) is 1. The summed E-state index contributed by atoms with van der Waals surface area (Å²) in [5.74, 6) is 0.702. The van der Waals surface area contributed by atoms with Gasteiger partial charge in [0.15, 0.2) is 5.75 Å². The monoisotopic (exact) mass is 448 g/mol. The Morgan fingerprint density at radius 1 is 0.906 bits per heavy atom. The van der Waals surface area contributed by atoms with Gasteiger partial charge in [-0.2, -0.15) is 0 Å². The molecule has 164 valence electrons. The van der Waals surface area contributed by atoms with Crippen molar-refractivity contribution in [2.75, 3.05) is 16.7 Å². The summed E-state index contributed by atoms with van der Waals surface area (Å²) in [4.78, 5) is 14.9. The third kappa shape index (κ3) is 3.62. The van der Waals surface area contributed by atoms with Crippen LogP contribution in [-0.2, 0) is 22.9 Å². The Balaban J connectivity index is 1.47. The van der Waals surface area contributed by atoms with Crippen LogP contribution in [0.3, 0.4) is 0 Å². The molecule has 5 rings (SSSR count). The van der Waals surface area contributed by atoms with Crippen molar-refractivity contribution >= 4 is 27.3 Å². The Morgan fingerprint density at radius 3 is 2.47 bits per heavy atom. The molecule has 0 aromatic heterocycles. The van der Waals surface area contributed by atoms with Crippen LogP contribution < -0.4 is 14.4 Å². The number of benzene rings is 3. The topological polar surface area (TPSA) is 75.7 Å². The average molecular weight is 449 g/mol. The molecule has 7 heteroatoms. The maximum atomic E-state index is 13.1. The summed E-state index contributed by atoms with van der Waals surface area (Å²) in [5, 5.41) is 0. The van der Waals surface area contributed by atoms with Gasteiger partial charge in [-0.25, -0.2) is 8.42 Å². The molecule has 0 unspecified atom stereocenters. The van der Waals surface area contributed by atoms with Crippen LogP contribution in [0.15, 0.2) is 59.5 Å². The van der Waals surface area contributed by atoms with Gasteiger partial charge in [0.1, 0.15) is 5.75 Å². The van der Waals surface area contributed by atoms with Crippen molar-refractivity contribution in [1.29, 1.82) is 0 Å². The molecule has 32 heavy (non-hydrogen) atoms. The summed E-state index contributed by atoms with van der Waals surface area (Å²) < 4.78 is 34.7. The number of carbonyl (C=O) groups is 1. The lowest BCUT2D eigenvalue weighted by Crippen LogP contribution is -2.25. The first kappa shape index (κ1) is 20.6. The minimum absolute atomic E-state index is 0.232. The Kier molecular flexibility index (Phi) is 4.93. The number of sulfonamides is 1. The van der Waals surface area contributed by atoms with Gasteiger partial charge >= 0.3 is 0 Å². The summed E-state index contributed by atoms with van der Waals surface area (Å²) in [6.45, 7) is 1.95. The fourth-order valence-corrected chi connectivity index (χ4v) is 5.42. The Morgan fingerprint density at radius 2 is 1.66 bits per heavy atom. The predicted octanol–water partition coefficient (Wildman–Crippen LogP) is 5.06. The number of amides is 1. The van der Waals surface area contributed by atoms with Gasteiger partial charge in [-0.05, 0) is 91.8 Å². The van der Waals surface area contributed by atoms with E-state index in [1.165, 1.54) is 16.5 Å². The van der Waals surface area contributed by atoms with E-state index in [-0.39, 0.29) is 10.8 Å². The highest BCUT2D eigenvalue weighted by Gasteiger charge is 2.27. The van der Waals surface area contributed by atoms with E-state index in [0.29, 0.717) is 28.4 Å². The summed E-state index contributed by atoms with van der Waals surface area (Å²) >= 11 is 0. The van der Waals surface area contributed by atoms with Crippen LogP contribution in [-0.4, -0.2) is 21.4 Å². The highest BCUT2D eigenvalue weighted by Crippen LogP contribution is 2.39. The van der Waals surface area contributed by atoms with E-state index in [1.54, 1.807) is 31.3 Å². The fraction of sp³-hybridized carbons (Fsp3) is 0.240. The number of rotatable bonds is 3. The van der Waals surface area contributed by atoms with Gasteiger partial charge in [-0.3, -0.25) is 9.52 Å². The normalized spacial score (nSPS) is 15.2. The third-order valence-electron chi connectivity index (χ3n) is 6.09. The molecular weight excluding hydrogens is 424 g/mol. The lowest BCUT2D eigenvalue weighted by molar-refractivity contribution is 0.0993. The molecule has 0 spiro atoms. The van der Waals surface area contributed by atoms with E-state index in [4.69, 9.17) is 4.74 Å². The van der Waals surface area contributed by atoms with Crippen molar-refractivity contribution in [1.82, 2.24) is 0 Å². The van der Waals surface area contributed by atoms with Gasteiger partial charge in [-0.15, -0.1) is 0 Å². The highest BCUT2D eigenvalue weighted by atomic mass is 32.2. The second-order valence-electron chi connectivity index (χ2n) is 8.39. The van der Waals surface area contributed by atoms with Crippen molar-refractivity contribution in [2.24, 2.45) is 0 Å². The molecule has 3 aromatic carbocycles. The molecular formula is C25H24N2O4S. The number of aryl methyl sites for hydroxylation is 3. The molecule has 3 aromatic rings. The summed E-state index contributed by atoms with van der Waals surface area (Å²) in [5.41, 5.74) is 4.61. The van der Waals surface area contributed by atoms with E-state index in [2.05, 4.69) is 4.72 Å². The standard InChI is InChI=1S/C25H24N2O4S/c1-16-7-11-24-22(13-16)27(2)25(28)21-15-19(9-12-23(21)31-24)26-32(29,30)20-10-8-17-5-3-4-6-18(17)14-20/h7-15,26H,3-6H2,1-2H3. The Bertz CT molecular complexity index is 1350. The first-order valence-electron chi connectivity index (χ1n) is 10.7. The lowest BCUT2D eigenvalue weighted by Gasteiger charge is -2.17. The molecule has 0 atom stereocenters. The largest absolute Gasteiger partial charge is 0.454 e. The zero-order valence-corrected chi connectivity index (χ0v) is 18.8. The fourth-order valence-electron chi connectivity index (χ4n) is 4.33. The summed E-state index contributed by atoms with van der Waals surface area (Å²) in [6, 6.07) is 15.7. The van der Waals surface area contributed by atoms with Gasteiger partial charge in [0.05, 0.1) is 16.1 Å². The number of anilines is 2. The lowest BCUT2D eigenvalue weighted by atomic mass is 9.92. The average Bonchev–Trinajstić information content (AvgIpc) is 2.88. The molecule has 0 bridgehead atoms. The zero-order chi connectivity index (χ0) is 22.5. The van der Waals surface area contributed by atoms with Crippen LogP contribution in [0.2, 0.25) is 0 Å². The van der Waals surface area contributed by atoms with Crippen LogP contribution in [0.4, 0.5) is 11.4 Å². The molecule has 1 heterocycles. The molecule has 1 aliphatic carbocycles. The number of ether oxygens (including phenoxy) is 1. The minimum Gasteiger partial charge on any atom is -0.454 e. The van der Waals surface area contributed by atoms with E-state index in [1.807, 2.05) is 31.2 Å². The van der Waals surface area contributed by atoms with Crippen molar-refractivity contribution in [3.05, 3.63) is 76.9 Å². The smallest absolute Gasteiger partial charge is 0.261 e. The van der Waals surface area contributed by atoms with Crippen LogP contribution in [0.5, 0.6) is 11.5 Å². The number of fused-ring (bicyclic) bond motifs is 3. The van der Waals surface area contributed by atoms with E-state index in [0.717, 1.165) is 36.8 Å². The predicted molar refractivity (Wildman–Crippen MR) is 124 cm³/mol. The highest BCUT2D eigenvalue weighted by molar-refractivity contribution is 7.92. The molecule has 0 fully saturated rings. The molecule has 1 amide bonds. The first-order chi connectivity index (χ1) is 15.3. The maximum absolute atomic E-state index is 13.1. The maximum Gasteiger partial charge on any atom is 0.261 e. The van der Waals surface area contributed by atoms with Crippen molar-refractivity contribution in [3.8, 4) is 11.5 Å². The number of hydrogen-bond acceptors (Lipinski definition) is 4. The second kappa shape index (κ2) is 7.67. The summed E-state index contributed by atoms with van der Waals surface area (Å²) in [7, 11) is -2.10. The van der Waals surface area contributed by atoms with Gasteiger partial charge in [0.2, 0.25) is 0 Å². The Hall–Kier alpha value is -3.32. The van der Waals surface area contributed by atoms with Crippen molar-refractivity contribution < 1.29 is 17.9 Å². The molecule has 0 radical (unpaired) electrons. The minimum atomic E-state index is -3.79. The zero-order valence-electron chi connectivity index (χ0n) is 18.0.